The molecule has 282 valence electrons. The van der Waals surface area contributed by atoms with Gasteiger partial charge in [0.05, 0.1) is 38.4 Å². The van der Waals surface area contributed by atoms with Crippen LogP contribution in [0.3, 0.4) is 0 Å². The van der Waals surface area contributed by atoms with Crippen LogP contribution < -0.4 is 23.9 Å². The van der Waals surface area contributed by atoms with Gasteiger partial charge in [0.15, 0.2) is 11.3 Å². The topological polar surface area (TPSA) is 104 Å². The van der Waals surface area contributed by atoms with Crippen LogP contribution in [0.25, 0.3) is 43.9 Å². The SMILES string of the molecule is CC[n+]1c2ccccc2cc2c(OCCCC(=O)NCCOCCOCCCC(=O)CCCOc3cccc4c3nc3ccccc3[n+]4CC)cccc21. The summed E-state index contributed by atoms with van der Waals surface area (Å²) in [6, 6.07) is 30.8. The molecule has 10 nitrogen and oxygen atoms in total. The van der Waals surface area contributed by atoms with Crippen molar-refractivity contribution < 1.29 is 37.7 Å². The Labute approximate surface area is 317 Å². The first-order valence-electron chi connectivity index (χ1n) is 19.3. The van der Waals surface area contributed by atoms with Gasteiger partial charge in [0.1, 0.15) is 30.1 Å². The van der Waals surface area contributed by atoms with Gasteiger partial charge in [-0.15, -0.1) is 0 Å². The summed E-state index contributed by atoms with van der Waals surface area (Å²) in [5.41, 5.74) is 6.23. The van der Waals surface area contributed by atoms with Crippen LogP contribution >= 0.6 is 0 Å². The quantitative estimate of drug-likeness (QED) is 0.0464. The smallest absolute Gasteiger partial charge is 0.235 e. The molecular formula is C44H52N4O6+2. The molecule has 0 atom stereocenters. The molecule has 0 bridgehead atoms. The number of carbonyl (C=O) groups excluding carboxylic acids is 2. The van der Waals surface area contributed by atoms with E-state index >= 15 is 0 Å². The van der Waals surface area contributed by atoms with Crippen molar-refractivity contribution in [3.63, 3.8) is 0 Å². The molecule has 4 aromatic carbocycles. The number of ether oxygens (including phenoxy) is 4. The molecule has 0 saturated heterocycles. The predicted octanol–water partition coefficient (Wildman–Crippen LogP) is 6.83. The van der Waals surface area contributed by atoms with Crippen LogP contribution in [0.1, 0.15) is 52.4 Å². The minimum atomic E-state index is -0.0219. The van der Waals surface area contributed by atoms with E-state index in [1.54, 1.807) is 0 Å². The van der Waals surface area contributed by atoms with Crippen molar-refractivity contribution in [2.75, 3.05) is 46.2 Å². The fourth-order valence-electron chi connectivity index (χ4n) is 6.89. The maximum absolute atomic E-state index is 12.4. The number of hydrogen-bond donors (Lipinski definition) is 1. The van der Waals surface area contributed by atoms with Crippen LogP contribution in [0.15, 0.2) is 91.0 Å². The van der Waals surface area contributed by atoms with Gasteiger partial charge in [-0.05, 0) is 63.4 Å². The van der Waals surface area contributed by atoms with Gasteiger partial charge < -0.3 is 24.3 Å². The van der Waals surface area contributed by atoms with Crippen molar-refractivity contribution >= 4 is 55.6 Å². The molecule has 1 N–H and O–H groups in total. The van der Waals surface area contributed by atoms with E-state index in [2.05, 4.69) is 76.8 Å². The maximum atomic E-state index is 12.4. The number of pyridine rings is 1. The van der Waals surface area contributed by atoms with Crippen molar-refractivity contribution in [1.29, 1.82) is 0 Å². The van der Waals surface area contributed by atoms with Gasteiger partial charge in [-0.3, -0.25) is 9.59 Å². The van der Waals surface area contributed by atoms with Gasteiger partial charge in [-0.25, -0.2) is 4.98 Å². The number of ketones is 1. The molecule has 6 aromatic rings. The highest BCUT2D eigenvalue weighted by atomic mass is 16.5. The second-order valence-electron chi connectivity index (χ2n) is 13.2. The first-order chi connectivity index (χ1) is 26.6. The highest BCUT2D eigenvalue weighted by Crippen LogP contribution is 2.27. The molecule has 0 fully saturated rings. The van der Waals surface area contributed by atoms with E-state index in [4.69, 9.17) is 23.9 Å². The summed E-state index contributed by atoms with van der Waals surface area (Å²) in [7, 11) is 0. The van der Waals surface area contributed by atoms with E-state index in [0.717, 1.165) is 57.6 Å². The fourth-order valence-corrected chi connectivity index (χ4v) is 6.89. The Bertz CT molecular complexity index is 2030. The number of nitrogens with zero attached hydrogens (tertiary/aromatic N) is 3. The first kappa shape index (κ1) is 38.5. The lowest BCUT2D eigenvalue weighted by atomic mass is 10.1. The third kappa shape index (κ3) is 9.86. The lowest BCUT2D eigenvalue weighted by Gasteiger charge is -2.11. The zero-order valence-corrected chi connectivity index (χ0v) is 31.6. The normalized spacial score (nSPS) is 11.4. The maximum Gasteiger partial charge on any atom is 0.235 e. The highest BCUT2D eigenvalue weighted by molar-refractivity contribution is 5.92. The van der Waals surface area contributed by atoms with Gasteiger partial charge in [-0.1, -0.05) is 36.4 Å². The summed E-state index contributed by atoms with van der Waals surface area (Å²) in [5.74, 6) is 1.76. The first-order valence-corrected chi connectivity index (χ1v) is 19.3. The summed E-state index contributed by atoms with van der Waals surface area (Å²) < 4.78 is 28.0. The molecule has 0 aliphatic rings. The number of hydrogen-bond acceptors (Lipinski definition) is 7. The fraction of sp³-hybridized carbons (Fsp3) is 0.386. The van der Waals surface area contributed by atoms with E-state index in [0.29, 0.717) is 84.7 Å². The van der Waals surface area contributed by atoms with E-state index in [9.17, 15) is 9.59 Å². The zero-order valence-electron chi connectivity index (χ0n) is 31.6. The van der Waals surface area contributed by atoms with Crippen LogP contribution in [-0.4, -0.2) is 62.9 Å². The summed E-state index contributed by atoms with van der Waals surface area (Å²) in [6.07, 6.45) is 3.28. The summed E-state index contributed by atoms with van der Waals surface area (Å²) in [5, 5.41) is 5.15. The summed E-state index contributed by atoms with van der Waals surface area (Å²) >= 11 is 0. The van der Waals surface area contributed by atoms with Crippen molar-refractivity contribution in [3.05, 3.63) is 91.0 Å². The van der Waals surface area contributed by atoms with Crippen LogP contribution in [0.4, 0.5) is 0 Å². The van der Waals surface area contributed by atoms with E-state index < -0.39 is 0 Å². The lowest BCUT2D eigenvalue weighted by molar-refractivity contribution is -0.641. The highest BCUT2D eigenvalue weighted by Gasteiger charge is 2.19. The van der Waals surface area contributed by atoms with E-state index in [-0.39, 0.29) is 11.7 Å². The Hall–Kier alpha value is -5.19. The van der Waals surface area contributed by atoms with Gasteiger partial charge in [0, 0.05) is 62.1 Å². The Morgan fingerprint density at radius 3 is 2.02 bits per heavy atom. The largest absolute Gasteiger partial charge is 0.493 e. The van der Waals surface area contributed by atoms with Crippen molar-refractivity contribution in [2.45, 2.75) is 65.5 Å². The lowest BCUT2D eigenvalue weighted by Crippen LogP contribution is -2.34. The van der Waals surface area contributed by atoms with Crippen LogP contribution in [-0.2, 0) is 32.2 Å². The molecule has 1 amide bonds. The molecule has 54 heavy (non-hydrogen) atoms. The minimum Gasteiger partial charge on any atom is -0.493 e. The number of benzene rings is 4. The standard InChI is InChI=1S/C44H51N4O6/c1-3-47-37-18-7-5-14-33(37)32-35-38(47)20-9-22-41(35)53-28-13-24-43(50)45-25-29-52-31-30-51-26-11-15-34(49)16-12-27-54-42-23-10-21-40-44(42)46-36-17-6-8-19-39(36)48(40)4-2/h5-10,14,17-23,32H,3-4,11-13,15-16,24-31H2,1-2H3/q+1/p+1. The molecule has 0 aliphatic heterocycles. The van der Waals surface area contributed by atoms with Crippen LogP contribution in [0.2, 0.25) is 0 Å². The Morgan fingerprint density at radius 1 is 0.611 bits per heavy atom. The van der Waals surface area contributed by atoms with Gasteiger partial charge in [0.2, 0.25) is 28.0 Å². The van der Waals surface area contributed by atoms with E-state index in [1.807, 2.05) is 42.5 Å². The number of fused-ring (bicyclic) bond motifs is 4. The minimum absolute atomic E-state index is 0.0219. The Balaban J connectivity index is 0.777. The number of rotatable bonds is 22. The number of nitrogens with one attached hydrogen (secondary N) is 1. The number of para-hydroxylation sites is 4. The number of Topliss-reactive ketones (excluding diaryl/α,β-unsaturated/α-hetero) is 1. The zero-order chi connectivity index (χ0) is 37.5. The molecule has 2 aromatic heterocycles. The number of amides is 1. The van der Waals surface area contributed by atoms with E-state index in [1.165, 1.54) is 10.9 Å². The average molecular weight is 733 g/mol. The molecule has 2 heterocycles. The van der Waals surface area contributed by atoms with Crippen molar-refractivity contribution in [1.82, 2.24) is 10.3 Å². The molecule has 6 rings (SSSR count). The monoisotopic (exact) mass is 732 g/mol. The Morgan fingerprint density at radius 2 is 1.22 bits per heavy atom. The van der Waals surface area contributed by atoms with Gasteiger partial charge in [0.25, 0.3) is 0 Å². The number of aryl methyl sites for hydroxylation is 2. The molecule has 0 aliphatic carbocycles. The van der Waals surface area contributed by atoms with Crippen LogP contribution in [0.5, 0.6) is 11.5 Å². The molecule has 0 radical (unpaired) electrons. The number of carbonyl (C=O) groups is 2. The molecule has 10 heteroatoms. The van der Waals surface area contributed by atoms with Gasteiger partial charge >= 0.3 is 0 Å². The van der Waals surface area contributed by atoms with Gasteiger partial charge in [-0.2, -0.15) is 9.13 Å². The molecule has 0 unspecified atom stereocenters. The van der Waals surface area contributed by atoms with Crippen LogP contribution in [0, 0.1) is 0 Å². The third-order valence-electron chi connectivity index (χ3n) is 9.52. The predicted molar refractivity (Wildman–Crippen MR) is 211 cm³/mol. The molecule has 0 saturated carbocycles. The second kappa shape index (κ2) is 19.8. The van der Waals surface area contributed by atoms with Crippen molar-refractivity contribution in [3.8, 4) is 11.5 Å². The summed E-state index contributed by atoms with van der Waals surface area (Å²) in [6.45, 7) is 9.13. The second-order valence-corrected chi connectivity index (χ2v) is 13.2. The summed E-state index contributed by atoms with van der Waals surface area (Å²) in [4.78, 5) is 29.6. The Kier molecular flexibility index (Phi) is 14.1. The molecular weight excluding hydrogens is 681 g/mol. The third-order valence-corrected chi connectivity index (χ3v) is 9.52. The average Bonchev–Trinajstić information content (AvgIpc) is 3.20. The van der Waals surface area contributed by atoms with Crippen molar-refractivity contribution in [2.24, 2.45) is 0 Å². The molecule has 0 spiro atoms. The number of aromatic nitrogens is 3.